The zero-order valence-corrected chi connectivity index (χ0v) is 13.6. The van der Waals surface area contributed by atoms with Crippen molar-refractivity contribution in [2.75, 3.05) is 20.3 Å². The highest BCUT2D eigenvalue weighted by molar-refractivity contribution is 7.80. The molecule has 1 aliphatic heterocycles. The number of nitrogens with zero attached hydrogens (tertiary/aromatic N) is 3. The minimum Gasteiger partial charge on any atom is -0.383 e. The maximum absolute atomic E-state index is 5.54. The van der Waals surface area contributed by atoms with Gasteiger partial charge in [0.25, 0.3) is 0 Å². The van der Waals surface area contributed by atoms with Crippen LogP contribution in [0.4, 0.5) is 0 Å². The van der Waals surface area contributed by atoms with Crippen LogP contribution in [0.1, 0.15) is 23.3 Å². The first-order valence-corrected chi connectivity index (χ1v) is 7.70. The number of aryl methyl sites for hydroxylation is 1. The Kier molecular flexibility index (Phi) is 4.40. The first kappa shape index (κ1) is 15.0. The molecule has 3 rings (SSSR count). The van der Waals surface area contributed by atoms with Crippen LogP contribution in [0, 0.1) is 0 Å². The molecule has 116 valence electrons. The van der Waals surface area contributed by atoms with Gasteiger partial charge in [-0.3, -0.25) is 4.98 Å². The van der Waals surface area contributed by atoms with E-state index in [1.165, 1.54) is 5.56 Å². The van der Waals surface area contributed by atoms with Gasteiger partial charge in [0, 0.05) is 39.3 Å². The summed E-state index contributed by atoms with van der Waals surface area (Å²) in [4.78, 5) is 6.69. The fourth-order valence-electron chi connectivity index (χ4n) is 2.90. The van der Waals surface area contributed by atoms with Crippen LogP contribution >= 0.6 is 12.2 Å². The topological polar surface area (TPSA) is 42.3 Å². The van der Waals surface area contributed by atoms with Crippen LogP contribution in [0.2, 0.25) is 0 Å². The second kappa shape index (κ2) is 6.46. The molecule has 0 amide bonds. The molecule has 5 nitrogen and oxygen atoms in total. The van der Waals surface area contributed by atoms with Gasteiger partial charge in [-0.15, -0.1) is 0 Å². The van der Waals surface area contributed by atoms with Gasteiger partial charge in [0.1, 0.15) is 0 Å². The molecular weight excluding hydrogens is 296 g/mol. The summed E-state index contributed by atoms with van der Waals surface area (Å²) < 4.78 is 7.29. The van der Waals surface area contributed by atoms with E-state index in [0.29, 0.717) is 6.61 Å². The molecule has 1 saturated heterocycles. The van der Waals surface area contributed by atoms with Crippen molar-refractivity contribution in [3.63, 3.8) is 0 Å². The summed E-state index contributed by atoms with van der Waals surface area (Å²) in [6.45, 7) is 1.39. The van der Waals surface area contributed by atoms with Gasteiger partial charge >= 0.3 is 0 Å². The number of ether oxygens (including phenoxy) is 1. The summed E-state index contributed by atoms with van der Waals surface area (Å²) in [7, 11) is 3.74. The fraction of sp³-hybridized carbons (Fsp3) is 0.375. The molecule has 6 heteroatoms. The molecule has 1 aliphatic rings. The number of thiocarbonyl (C=S) groups is 1. The minimum absolute atomic E-state index is 0.0490. The second-order valence-electron chi connectivity index (χ2n) is 5.42. The van der Waals surface area contributed by atoms with Gasteiger partial charge in [-0.2, -0.15) is 0 Å². The summed E-state index contributed by atoms with van der Waals surface area (Å²) in [5, 5.41) is 4.17. The zero-order chi connectivity index (χ0) is 15.5. The van der Waals surface area contributed by atoms with Crippen molar-refractivity contribution in [1.82, 2.24) is 19.8 Å². The standard InChI is InChI=1S/C16H20N4OS/c1-19-8-6-12(11-19)15-14(13-5-3-4-7-17-13)18-16(22)20(15)9-10-21-2/h3-8,11,14-15H,9-10H2,1-2H3,(H,18,22)/t14-,15+/m0/s1. The number of methoxy groups -OCH3 is 1. The Morgan fingerprint density at radius 1 is 1.36 bits per heavy atom. The fourth-order valence-corrected chi connectivity index (χ4v) is 3.23. The van der Waals surface area contributed by atoms with Crippen molar-refractivity contribution in [2.45, 2.75) is 12.1 Å². The Bertz CT molecular complexity index is 643. The molecule has 2 atom stereocenters. The highest BCUT2D eigenvalue weighted by atomic mass is 32.1. The van der Waals surface area contributed by atoms with Gasteiger partial charge in [0.2, 0.25) is 0 Å². The molecule has 22 heavy (non-hydrogen) atoms. The molecule has 0 spiro atoms. The Labute approximate surface area is 135 Å². The lowest BCUT2D eigenvalue weighted by atomic mass is 9.99. The molecule has 0 saturated carbocycles. The molecule has 0 bridgehead atoms. The van der Waals surface area contributed by atoms with Crippen LogP contribution in [0.15, 0.2) is 42.9 Å². The third-order valence-electron chi connectivity index (χ3n) is 3.93. The number of aromatic nitrogens is 2. The molecule has 0 unspecified atom stereocenters. The van der Waals surface area contributed by atoms with Gasteiger partial charge in [-0.05, 0) is 36.0 Å². The van der Waals surface area contributed by atoms with Gasteiger partial charge in [-0.25, -0.2) is 0 Å². The molecular formula is C16H20N4OS. The van der Waals surface area contributed by atoms with E-state index >= 15 is 0 Å². The van der Waals surface area contributed by atoms with E-state index in [1.807, 2.05) is 31.4 Å². The molecule has 2 aromatic rings. The van der Waals surface area contributed by atoms with E-state index in [0.717, 1.165) is 17.4 Å². The first-order chi connectivity index (χ1) is 10.7. The van der Waals surface area contributed by atoms with E-state index in [-0.39, 0.29) is 12.1 Å². The monoisotopic (exact) mass is 316 g/mol. The summed E-state index contributed by atoms with van der Waals surface area (Å²) in [5.41, 5.74) is 2.22. The summed E-state index contributed by atoms with van der Waals surface area (Å²) >= 11 is 5.54. The lowest BCUT2D eigenvalue weighted by molar-refractivity contribution is 0.164. The van der Waals surface area contributed by atoms with E-state index in [4.69, 9.17) is 17.0 Å². The Hall–Kier alpha value is -1.92. The molecule has 0 aliphatic carbocycles. The number of hydrogen-bond acceptors (Lipinski definition) is 3. The SMILES string of the molecule is COCCN1C(=S)N[C@@H](c2ccccn2)[C@H]1c1ccn(C)c1. The molecule has 1 fully saturated rings. The van der Waals surface area contributed by atoms with Gasteiger partial charge in [-0.1, -0.05) is 6.07 Å². The minimum atomic E-state index is 0.0490. The van der Waals surface area contributed by atoms with Crippen molar-refractivity contribution in [3.05, 3.63) is 54.1 Å². The Morgan fingerprint density at radius 2 is 2.23 bits per heavy atom. The average molecular weight is 316 g/mol. The number of pyridine rings is 1. The second-order valence-corrected chi connectivity index (χ2v) is 5.81. The number of nitrogens with one attached hydrogen (secondary N) is 1. The van der Waals surface area contributed by atoms with E-state index in [9.17, 15) is 0 Å². The van der Waals surface area contributed by atoms with Crippen LogP contribution < -0.4 is 5.32 Å². The summed E-state index contributed by atoms with van der Waals surface area (Å²) in [5.74, 6) is 0. The molecule has 0 radical (unpaired) electrons. The van der Waals surface area contributed by atoms with Crippen molar-refractivity contribution in [2.24, 2.45) is 7.05 Å². The predicted octanol–water partition coefficient (Wildman–Crippen LogP) is 2.04. The third-order valence-corrected chi connectivity index (χ3v) is 4.28. The van der Waals surface area contributed by atoms with Gasteiger partial charge in [0.15, 0.2) is 5.11 Å². The van der Waals surface area contributed by atoms with E-state index < -0.39 is 0 Å². The summed E-state index contributed by atoms with van der Waals surface area (Å²) in [6.07, 6.45) is 6.01. The number of rotatable bonds is 5. The van der Waals surface area contributed by atoms with Gasteiger partial charge in [0.05, 0.1) is 24.4 Å². The Balaban J connectivity index is 1.96. The number of hydrogen-bond donors (Lipinski definition) is 1. The van der Waals surface area contributed by atoms with E-state index in [2.05, 4.69) is 38.2 Å². The lowest BCUT2D eigenvalue weighted by Gasteiger charge is -2.26. The third kappa shape index (κ3) is 2.84. The van der Waals surface area contributed by atoms with Crippen LogP contribution in [-0.2, 0) is 11.8 Å². The highest BCUT2D eigenvalue weighted by Gasteiger charge is 2.39. The molecule has 2 aromatic heterocycles. The Morgan fingerprint density at radius 3 is 2.86 bits per heavy atom. The first-order valence-electron chi connectivity index (χ1n) is 7.29. The predicted molar refractivity (Wildman–Crippen MR) is 89.4 cm³/mol. The van der Waals surface area contributed by atoms with Crippen molar-refractivity contribution < 1.29 is 4.74 Å². The molecule has 1 N–H and O–H groups in total. The largest absolute Gasteiger partial charge is 0.383 e. The summed E-state index contributed by atoms with van der Waals surface area (Å²) in [6, 6.07) is 8.28. The smallest absolute Gasteiger partial charge is 0.170 e. The average Bonchev–Trinajstić information content (AvgIpc) is 3.09. The molecule has 3 heterocycles. The van der Waals surface area contributed by atoms with Crippen molar-refractivity contribution >= 4 is 17.3 Å². The molecule has 0 aromatic carbocycles. The van der Waals surface area contributed by atoms with Crippen molar-refractivity contribution in [1.29, 1.82) is 0 Å². The van der Waals surface area contributed by atoms with Crippen LogP contribution in [0.3, 0.4) is 0 Å². The highest BCUT2D eigenvalue weighted by Crippen LogP contribution is 2.38. The van der Waals surface area contributed by atoms with E-state index in [1.54, 1.807) is 7.11 Å². The van der Waals surface area contributed by atoms with Crippen LogP contribution in [0.25, 0.3) is 0 Å². The van der Waals surface area contributed by atoms with Gasteiger partial charge < -0.3 is 19.5 Å². The normalized spacial score (nSPS) is 21.2. The maximum atomic E-state index is 5.54. The quantitative estimate of drug-likeness (QED) is 0.855. The van der Waals surface area contributed by atoms with Crippen molar-refractivity contribution in [3.8, 4) is 0 Å². The van der Waals surface area contributed by atoms with Crippen LogP contribution in [0.5, 0.6) is 0 Å². The van der Waals surface area contributed by atoms with Crippen LogP contribution in [-0.4, -0.2) is 39.8 Å². The maximum Gasteiger partial charge on any atom is 0.170 e. The lowest BCUT2D eigenvalue weighted by Crippen LogP contribution is -2.32. The zero-order valence-electron chi connectivity index (χ0n) is 12.8.